The Hall–Kier alpha value is -0.380. The topological polar surface area (TPSA) is 35.5 Å². The minimum atomic E-state index is -0.129. The smallest absolute Gasteiger partial charge is 0.0667 e. The maximum atomic E-state index is 9.48. The van der Waals surface area contributed by atoms with Crippen LogP contribution >= 0.6 is 0 Å². The number of hydrogen-bond acceptors (Lipinski definition) is 3. The number of nitrogens with zero attached hydrogens (tertiary/aromatic N) is 1. The molecule has 1 aliphatic heterocycles. The lowest BCUT2D eigenvalue weighted by Gasteiger charge is -2.30. The number of likely N-dealkylation sites (tertiary alicyclic amines) is 1. The van der Waals surface area contributed by atoms with Crippen LogP contribution in [0, 0.1) is 0 Å². The standard InChI is InChI=1S/C11H22N2O/c1-3-12-7-10(2)8-13-6-4-5-11(14)9-13/h11-12,14H,2-9H2,1H3. The molecule has 0 aromatic heterocycles. The van der Waals surface area contributed by atoms with E-state index in [2.05, 4.69) is 23.7 Å². The van der Waals surface area contributed by atoms with E-state index in [1.165, 1.54) is 5.57 Å². The van der Waals surface area contributed by atoms with Gasteiger partial charge in [0, 0.05) is 19.6 Å². The predicted octanol–water partition coefficient (Wildman–Crippen LogP) is 0.609. The fourth-order valence-electron chi connectivity index (χ4n) is 1.85. The molecule has 14 heavy (non-hydrogen) atoms. The molecule has 0 spiro atoms. The van der Waals surface area contributed by atoms with Crippen molar-refractivity contribution in [1.82, 2.24) is 10.2 Å². The van der Waals surface area contributed by atoms with Gasteiger partial charge in [0.25, 0.3) is 0 Å². The van der Waals surface area contributed by atoms with Crippen molar-refractivity contribution in [3.63, 3.8) is 0 Å². The zero-order valence-electron chi connectivity index (χ0n) is 9.13. The van der Waals surface area contributed by atoms with Gasteiger partial charge in [-0.2, -0.15) is 0 Å². The molecule has 1 aliphatic rings. The molecule has 3 heteroatoms. The van der Waals surface area contributed by atoms with Gasteiger partial charge in [-0.1, -0.05) is 13.5 Å². The Morgan fingerprint density at radius 2 is 2.43 bits per heavy atom. The van der Waals surface area contributed by atoms with E-state index in [4.69, 9.17) is 0 Å². The van der Waals surface area contributed by atoms with Gasteiger partial charge in [-0.05, 0) is 31.5 Å². The molecule has 1 fully saturated rings. The fraction of sp³-hybridized carbons (Fsp3) is 0.818. The van der Waals surface area contributed by atoms with Crippen molar-refractivity contribution in [2.24, 2.45) is 0 Å². The maximum Gasteiger partial charge on any atom is 0.0667 e. The molecule has 0 aromatic rings. The van der Waals surface area contributed by atoms with Gasteiger partial charge in [-0.15, -0.1) is 0 Å². The molecule has 82 valence electrons. The zero-order chi connectivity index (χ0) is 10.4. The Morgan fingerprint density at radius 1 is 1.64 bits per heavy atom. The second-order valence-corrected chi connectivity index (χ2v) is 4.06. The molecule has 0 radical (unpaired) electrons. The number of hydrogen-bond donors (Lipinski definition) is 2. The van der Waals surface area contributed by atoms with Gasteiger partial charge in [-0.25, -0.2) is 0 Å². The van der Waals surface area contributed by atoms with Gasteiger partial charge >= 0.3 is 0 Å². The number of piperidine rings is 1. The van der Waals surface area contributed by atoms with E-state index >= 15 is 0 Å². The third-order valence-corrected chi connectivity index (χ3v) is 2.55. The van der Waals surface area contributed by atoms with Crippen LogP contribution < -0.4 is 5.32 Å². The van der Waals surface area contributed by atoms with Crippen LogP contribution in [0.1, 0.15) is 19.8 Å². The van der Waals surface area contributed by atoms with Crippen LogP contribution in [0.25, 0.3) is 0 Å². The highest BCUT2D eigenvalue weighted by atomic mass is 16.3. The minimum absolute atomic E-state index is 0.129. The number of likely N-dealkylation sites (N-methyl/N-ethyl adjacent to an activating group) is 1. The highest BCUT2D eigenvalue weighted by Crippen LogP contribution is 2.10. The Labute approximate surface area is 86.8 Å². The maximum absolute atomic E-state index is 9.48. The van der Waals surface area contributed by atoms with E-state index in [0.29, 0.717) is 0 Å². The third-order valence-electron chi connectivity index (χ3n) is 2.55. The van der Waals surface area contributed by atoms with E-state index in [1.54, 1.807) is 0 Å². The number of nitrogens with one attached hydrogen (secondary N) is 1. The molecule has 0 aliphatic carbocycles. The summed E-state index contributed by atoms with van der Waals surface area (Å²) >= 11 is 0. The predicted molar refractivity (Wildman–Crippen MR) is 59.4 cm³/mol. The van der Waals surface area contributed by atoms with E-state index in [0.717, 1.165) is 45.6 Å². The summed E-state index contributed by atoms with van der Waals surface area (Å²) in [5.41, 5.74) is 1.21. The van der Waals surface area contributed by atoms with Gasteiger partial charge in [-0.3, -0.25) is 4.90 Å². The summed E-state index contributed by atoms with van der Waals surface area (Å²) in [5.74, 6) is 0. The van der Waals surface area contributed by atoms with Gasteiger partial charge in [0.05, 0.1) is 6.10 Å². The molecule has 0 amide bonds. The van der Waals surface area contributed by atoms with Crippen LogP contribution in [0.5, 0.6) is 0 Å². The molecule has 2 N–H and O–H groups in total. The van der Waals surface area contributed by atoms with Crippen molar-refractivity contribution < 1.29 is 5.11 Å². The summed E-state index contributed by atoms with van der Waals surface area (Å²) in [6.45, 7) is 10.8. The molecule has 0 bridgehead atoms. The fourth-order valence-corrected chi connectivity index (χ4v) is 1.85. The first-order valence-electron chi connectivity index (χ1n) is 5.50. The van der Waals surface area contributed by atoms with Crippen molar-refractivity contribution in [3.05, 3.63) is 12.2 Å². The molecular formula is C11H22N2O. The Balaban J connectivity index is 2.18. The second-order valence-electron chi connectivity index (χ2n) is 4.06. The molecule has 1 saturated heterocycles. The molecule has 1 atom stereocenters. The van der Waals surface area contributed by atoms with Crippen molar-refractivity contribution >= 4 is 0 Å². The Kier molecular flexibility index (Phi) is 5.15. The molecule has 3 nitrogen and oxygen atoms in total. The molecular weight excluding hydrogens is 176 g/mol. The van der Waals surface area contributed by atoms with Crippen LogP contribution in [-0.4, -0.2) is 48.8 Å². The molecule has 1 unspecified atom stereocenters. The molecule has 0 aromatic carbocycles. The quantitative estimate of drug-likeness (QED) is 0.635. The first kappa shape index (κ1) is 11.7. The molecule has 1 heterocycles. The first-order valence-corrected chi connectivity index (χ1v) is 5.50. The minimum Gasteiger partial charge on any atom is -0.392 e. The van der Waals surface area contributed by atoms with Gasteiger partial charge < -0.3 is 10.4 Å². The molecule has 1 rings (SSSR count). The summed E-state index contributed by atoms with van der Waals surface area (Å²) in [6, 6.07) is 0. The largest absolute Gasteiger partial charge is 0.392 e. The van der Waals surface area contributed by atoms with Crippen LogP contribution in [0.2, 0.25) is 0 Å². The van der Waals surface area contributed by atoms with Crippen LogP contribution in [0.15, 0.2) is 12.2 Å². The number of β-amino-alcohol motifs (C(OH)–C–C–N with tert-alkyl or cyclic N) is 1. The summed E-state index contributed by atoms with van der Waals surface area (Å²) in [7, 11) is 0. The summed E-state index contributed by atoms with van der Waals surface area (Å²) in [6.07, 6.45) is 1.93. The highest BCUT2D eigenvalue weighted by molar-refractivity contribution is 5.00. The first-order chi connectivity index (χ1) is 6.72. The van der Waals surface area contributed by atoms with Crippen molar-refractivity contribution in [1.29, 1.82) is 0 Å². The van der Waals surface area contributed by atoms with E-state index in [9.17, 15) is 5.11 Å². The normalized spacial score (nSPS) is 23.7. The van der Waals surface area contributed by atoms with Gasteiger partial charge in [0.2, 0.25) is 0 Å². The Bertz CT molecular complexity index is 182. The summed E-state index contributed by atoms with van der Waals surface area (Å²) in [5, 5.41) is 12.7. The lowest BCUT2D eigenvalue weighted by molar-refractivity contribution is 0.0755. The summed E-state index contributed by atoms with van der Waals surface area (Å²) in [4.78, 5) is 2.29. The average Bonchev–Trinajstić information content (AvgIpc) is 2.15. The Morgan fingerprint density at radius 3 is 3.07 bits per heavy atom. The summed E-state index contributed by atoms with van der Waals surface area (Å²) < 4.78 is 0. The highest BCUT2D eigenvalue weighted by Gasteiger charge is 2.17. The van der Waals surface area contributed by atoms with E-state index < -0.39 is 0 Å². The lowest BCUT2D eigenvalue weighted by Crippen LogP contribution is -2.40. The van der Waals surface area contributed by atoms with Crippen molar-refractivity contribution in [2.75, 3.05) is 32.7 Å². The lowest BCUT2D eigenvalue weighted by atomic mass is 10.1. The second kappa shape index (κ2) is 6.17. The number of aliphatic hydroxyl groups is 1. The van der Waals surface area contributed by atoms with Gasteiger partial charge in [0.1, 0.15) is 0 Å². The third kappa shape index (κ3) is 4.22. The SMILES string of the molecule is C=C(CNCC)CN1CCCC(O)C1. The van der Waals surface area contributed by atoms with Crippen LogP contribution in [0.3, 0.4) is 0 Å². The van der Waals surface area contributed by atoms with E-state index in [1.807, 2.05) is 0 Å². The number of rotatable bonds is 5. The van der Waals surface area contributed by atoms with Crippen LogP contribution in [0.4, 0.5) is 0 Å². The molecule has 0 saturated carbocycles. The van der Waals surface area contributed by atoms with Gasteiger partial charge in [0.15, 0.2) is 0 Å². The monoisotopic (exact) mass is 198 g/mol. The van der Waals surface area contributed by atoms with Crippen LogP contribution in [-0.2, 0) is 0 Å². The van der Waals surface area contributed by atoms with Crippen molar-refractivity contribution in [3.8, 4) is 0 Å². The van der Waals surface area contributed by atoms with E-state index in [-0.39, 0.29) is 6.10 Å². The average molecular weight is 198 g/mol. The van der Waals surface area contributed by atoms with Crippen molar-refractivity contribution in [2.45, 2.75) is 25.9 Å². The zero-order valence-corrected chi connectivity index (χ0v) is 9.13. The number of aliphatic hydroxyl groups excluding tert-OH is 1.